The van der Waals surface area contributed by atoms with E-state index in [1.54, 1.807) is 0 Å². The first-order valence-corrected chi connectivity index (χ1v) is 6.96. The van der Waals surface area contributed by atoms with E-state index in [0.29, 0.717) is 19.8 Å². The Balaban J connectivity index is 2.59. The highest BCUT2D eigenvalue weighted by atomic mass is 31.2. The molecule has 0 bridgehead atoms. The van der Waals surface area contributed by atoms with Crippen molar-refractivity contribution in [3.05, 3.63) is 0 Å². The summed E-state index contributed by atoms with van der Waals surface area (Å²) in [5, 5.41) is 0. The molecule has 1 fully saturated rings. The number of hydrogen-bond acceptors (Lipinski definition) is 2. The molecular weight excluding hydrogens is 244 g/mol. The summed E-state index contributed by atoms with van der Waals surface area (Å²) in [6, 6.07) is 0. The predicted molar refractivity (Wildman–Crippen MR) is 53.3 cm³/mol. The van der Waals surface area contributed by atoms with Gasteiger partial charge in [0.2, 0.25) is 0 Å². The second kappa shape index (κ2) is 5.07. The van der Waals surface area contributed by atoms with E-state index in [1.807, 2.05) is 0 Å². The normalized spacial score (nSPS) is 25.1. The summed E-state index contributed by atoms with van der Waals surface area (Å²) in [7, 11) is -4.60. The molecule has 0 aromatic carbocycles. The molecule has 96 valence electrons. The molecule has 7 heteroatoms. The maximum absolute atomic E-state index is 12.3. The van der Waals surface area contributed by atoms with Crippen molar-refractivity contribution >= 4 is 7.60 Å². The first-order chi connectivity index (χ1) is 7.23. The Morgan fingerprint density at radius 2 is 1.81 bits per heavy atom. The van der Waals surface area contributed by atoms with Crippen LogP contribution in [-0.4, -0.2) is 22.8 Å². The van der Waals surface area contributed by atoms with E-state index in [2.05, 4.69) is 0 Å². The topological polar surface area (TPSA) is 46.5 Å². The minimum absolute atomic E-state index is 0.505. The van der Waals surface area contributed by atoms with E-state index in [1.165, 1.54) is 0 Å². The Kier molecular flexibility index (Phi) is 4.43. The minimum atomic E-state index is -4.70. The molecule has 0 aromatic rings. The van der Waals surface area contributed by atoms with Gasteiger partial charge in [-0.15, -0.1) is 0 Å². The lowest BCUT2D eigenvalue weighted by Gasteiger charge is -2.28. The molecule has 2 unspecified atom stereocenters. The molecule has 0 saturated heterocycles. The predicted octanol–water partition coefficient (Wildman–Crippen LogP) is 3.47. The highest BCUT2D eigenvalue weighted by Gasteiger charge is 2.49. The Labute approximate surface area is 92.5 Å². The van der Waals surface area contributed by atoms with Crippen molar-refractivity contribution in [1.82, 2.24) is 0 Å². The van der Waals surface area contributed by atoms with Crippen LogP contribution in [0.15, 0.2) is 0 Å². The smallest absolute Gasteiger partial charge is 0.324 e. The van der Waals surface area contributed by atoms with Crippen molar-refractivity contribution < 1.29 is 27.2 Å². The Morgan fingerprint density at radius 3 is 2.25 bits per heavy atom. The molecule has 2 atom stereocenters. The third-order valence-electron chi connectivity index (χ3n) is 2.82. The lowest BCUT2D eigenvalue weighted by molar-refractivity contribution is -0.131. The van der Waals surface area contributed by atoms with Gasteiger partial charge in [-0.05, 0) is 19.8 Å². The van der Waals surface area contributed by atoms with Crippen LogP contribution in [0.2, 0.25) is 0 Å². The molecule has 0 amide bonds. The second-order valence-electron chi connectivity index (χ2n) is 4.15. The first kappa shape index (κ1) is 14.0. The van der Waals surface area contributed by atoms with Gasteiger partial charge in [0.05, 0.1) is 6.10 Å². The number of hydrogen-bond donors (Lipinski definition) is 1. The Morgan fingerprint density at radius 1 is 1.31 bits per heavy atom. The van der Waals surface area contributed by atoms with E-state index in [-0.39, 0.29) is 0 Å². The van der Waals surface area contributed by atoms with Gasteiger partial charge in [-0.2, -0.15) is 13.2 Å². The summed E-state index contributed by atoms with van der Waals surface area (Å²) in [6.07, 6.45) is -1.39. The summed E-state index contributed by atoms with van der Waals surface area (Å²) in [5.41, 5.74) is -2.32. The summed E-state index contributed by atoms with van der Waals surface area (Å²) < 4.78 is 53.1. The molecule has 1 N–H and O–H groups in total. The molecule has 1 aliphatic carbocycles. The van der Waals surface area contributed by atoms with Crippen LogP contribution in [0.3, 0.4) is 0 Å². The van der Waals surface area contributed by atoms with Crippen LogP contribution >= 0.6 is 7.60 Å². The fraction of sp³-hybridized carbons (Fsp3) is 1.00. The zero-order chi connectivity index (χ0) is 12.4. The molecule has 1 saturated carbocycles. The molecule has 0 heterocycles. The summed E-state index contributed by atoms with van der Waals surface area (Å²) in [5.74, 6) is 0. The molecule has 0 aliphatic heterocycles. The van der Waals surface area contributed by atoms with Crippen molar-refractivity contribution in [2.75, 3.05) is 0 Å². The van der Waals surface area contributed by atoms with Crippen molar-refractivity contribution in [3.8, 4) is 0 Å². The molecule has 0 aromatic heterocycles. The van der Waals surface area contributed by atoms with Gasteiger partial charge >= 0.3 is 13.8 Å². The van der Waals surface area contributed by atoms with Gasteiger partial charge in [0.1, 0.15) is 0 Å². The average molecular weight is 260 g/mol. The lowest BCUT2D eigenvalue weighted by atomic mass is 9.98. The minimum Gasteiger partial charge on any atom is -0.324 e. The molecule has 0 radical (unpaired) electrons. The lowest BCUT2D eigenvalue weighted by Crippen LogP contribution is -2.28. The fourth-order valence-corrected chi connectivity index (χ4v) is 2.85. The van der Waals surface area contributed by atoms with Gasteiger partial charge in [0.15, 0.2) is 5.66 Å². The van der Waals surface area contributed by atoms with Crippen molar-refractivity contribution in [1.29, 1.82) is 0 Å². The van der Waals surface area contributed by atoms with Gasteiger partial charge in [-0.1, -0.05) is 19.3 Å². The molecular formula is C9H16F3O3P. The quantitative estimate of drug-likeness (QED) is 0.790. The molecule has 1 aliphatic rings. The summed E-state index contributed by atoms with van der Waals surface area (Å²) in [4.78, 5) is 9.28. The zero-order valence-electron chi connectivity index (χ0n) is 9.04. The van der Waals surface area contributed by atoms with Crippen LogP contribution in [0.5, 0.6) is 0 Å². The van der Waals surface area contributed by atoms with Crippen molar-refractivity contribution in [2.24, 2.45) is 0 Å². The van der Waals surface area contributed by atoms with E-state index < -0.39 is 25.5 Å². The van der Waals surface area contributed by atoms with Crippen LogP contribution in [0.1, 0.15) is 39.0 Å². The Bertz CT molecular complexity index is 274. The molecule has 3 nitrogen and oxygen atoms in total. The van der Waals surface area contributed by atoms with E-state index >= 15 is 0 Å². The molecule has 0 spiro atoms. The van der Waals surface area contributed by atoms with E-state index in [9.17, 15) is 22.6 Å². The van der Waals surface area contributed by atoms with E-state index in [0.717, 1.165) is 19.3 Å². The standard InChI is InChI=1S/C9H16F3O3P/c1-7(9(10,11)12)16(13,14)15-8-5-3-2-4-6-8/h7-8H,2-6H2,1H3,(H,13,14). The average Bonchev–Trinajstić information content (AvgIpc) is 2.16. The maximum Gasteiger partial charge on any atom is 0.402 e. The van der Waals surface area contributed by atoms with Gasteiger partial charge < -0.3 is 9.42 Å². The SMILES string of the molecule is CC(C(F)(F)F)P(=O)(O)OC1CCCCC1. The highest BCUT2D eigenvalue weighted by Crippen LogP contribution is 2.55. The summed E-state index contributed by atoms with van der Waals surface area (Å²) in [6.45, 7) is 0.684. The number of rotatable bonds is 3. The van der Waals surface area contributed by atoms with Crippen LogP contribution < -0.4 is 0 Å². The first-order valence-electron chi connectivity index (χ1n) is 5.31. The van der Waals surface area contributed by atoms with Crippen molar-refractivity contribution in [3.63, 3.8) is 0 Å². The number of halogens is 3. The largest absolute Gasteiger partial charge is 0.402 e. The third-order valence-corrected chi connectivity index (χ3v) is 4.69. The van der Waals surface area contributed by atoms with Gasteiger partial charge in [0.25, 0.3) is 0 Å². The summed E-state index contributed by atoms with van der Waals surface area (Å²) >= 11 is 0. The zero-order valence-corrected chi connectivity index (χ0v) is 9.93. The van der Waals surface area contributed by atoms with Gasteiger partial charge in [0, 0.05) is 0 Å². The highest BCUT2D eigenvalue weighted by molar-refractivity contribution is 7.53. The maximum atomic E-state index is 12.3. The molecule has 1 rings (SSSR count). The van der Waals surface area contributed by atoms with E-state index in [4.69, 9.17) is 4.52 Å². The third kappa shape index (κ3) is 3.75. The van der Waals surface area contributed by atoms with Crippen LogP contribution in [0.4, 0.5) is 13.2 Å². The van der Waals surface area contributed by atoms with Crippen molar-refractivity contribution in [2.45, 2.75) is 57.0 Å². The fourth-order valence-electron chi connectivity index (χ4n) is 1.66. The van der Waals surface area contributed by atoms with Gasteiger partial charge in [-0.25, -0.2) is 0 Å². The van der Waals surface area contributed by atoms with Gasteiger partial charge in [-0.3, -0.25) is 4.57 Å². The second-order valence-corrected chi connectivity index (χ2v) is 6.26. The Hall–Kier alpha value is -0.0600. The monoisotopic (exact) mass is 260 g/mol. The van der Waals surface area contributed by atoms with Crippen LogP contribution in [-0.2, 0) is 9.09 Å². The number of alkyl halides is 3. The molecule has 16 heavy (non-hydrogen) atoms. The van der Waals surface area contributed by atoms with Crippen LogP contribution in [0.25, 0.3) is 0 Å². The van der Waals surface area contributed by atoms with Crippen LogP contribution in [0, 0.1) is 0 Å².